The average molecular weight is 362 g/mol. The van der Waals surface area contributed by atoms with Crippen LogP contribution in [0.5, 0.6) is 0 Å². The zero-order chi connectivity index (χ0) is 18.0. The van der Waals surface area contributed by atoms with Crippen molar-refractivity contribution in [2.75, 3.05) is 11.5 Å². The van der Waals surface area contributed by atoms with E-state index in [0.29, 0.717) is 16.3 Å². The van der Waals surface area contributed by atoms with Gasteiger partial charge in [0.05, 0.1) is 17.9 Å². The maximum atomic E-state index is 13.2. The van der Waals surface area contributed by atoms with Crippen molar-refractivity contribution < 1.29 is 18.7 Å². The van der Waals surface area contributed by atoms with Crippen LogP contribution in [0.2, 0.25) is 0 Å². The van der Waals surface area contributed by atoms with Gasteiger partial charge in [-0.15, -0.1) is 11.3 Å². The van der Waals surface area contributed by atoms with Gasteiger partial charge in [-0.3, -0.25) is 4.90 Å². The van der Waals surface area contributed by atoms with Crippen LogP contribution in [0.25, 0.3) is 0 Å². The number of halogens is 1. The van der Waals surface area contributed by atoms with Gasteiger partial charge in [-0.25, -0.2) is 14.0 Å². The van der Waals surface area contributed by atoms with Gasteiger partial charge in [-0.05, 0) is 62.4 Å². The summed E-state index contributed by atoms with van der Waals surface area (Å²) in [6.45, 7) is 1.98. The minimum absolute atomic E-state index is 0.246. The molecular formula is C18H19FN2O3S. The Bertz CT molecular complexity index is 801. The number of nitrogens with two attached hydrogens (primary N) is 1. The number of fused-ring (bicyclic) bond motifs is 1. The predicted molar refractivity (Wildman–Crippen MR) is 95.0 cm³/mol. The third-order valence-electron chi connectivity index (χ3n) is 4.14. The summed E-state index contributed by atoms with van der Waals surface area (Å²) in [5.74, 6) is -0.866. The van der Waals surface area contributed by atoms with Crippen molar-refractivity contribution in [2.45, 2.75) is 32.6 Å². The molecule has 132 valence electrons. The number of esters is 1. The number of carbonyl (C=O) groups is 2. The topological polar surface area (TPSA) is 72.6 Å². The molecule has 1 aliphatic carbocycles. The molecule has 0 spiro atoms. The Labute approximate surface area is 149 Å². The van der Waals surface area contributed by atoms with Gasteiger partial charge >= 0.3 is 12.0 Å². The fraction of sp³-hybridized carbons (Fsp3) is 0.333. The number of thiophene rings is 1. The molecule has 0 bridgehead atoms. The lowest BCUT2D eigenvalue weighted by Crippen LogP contribution is -2.32. The summed E-state index contributed by atoms with van der Waals surface area (Å²) in [4.78, 5) is 27.0. The molecule has 7 heteroatoms. The summed E-state index contributed by atoms with van der Waals surface area (Å²) in [5, 5.41) is 0.449. The molecule has 2 N–H and O–H groups in total. The number of hydrogen-bond acceptors (Lipinski definition) is 4. The lowest BCUT2D eigenvalue weighted by Gasteiger charge is -2.20. The lowest BCUT2D eigenvalue weighted by molar-refractivity contribution is 0.0526. The number of hydrogen-bond donors (Lipinski definition) is 1. The fourth-order valence-electron chi connectivity index (χ4n) is 3.06. The summed E-state index contributed by atoms with van der Waals surface area (Å²) in [5.41, 5.74) is 7.35. The van der Waals surface area contributed by atoms with Crippen molar-refractivity contribution in [1.82, 2.24) is 0 Å². The van der Waals surface area contributed by atoms with Crippen LogP contribution in [0.4, 0.5) is 19.9 Å². The van der Waals surface area contributed by atoms with E-state index < -0.39 is 17.8 Å². The van der Waals surface area contributed by atoms with Crippen LogP contribution in [0.3, 0.4) is 0 Å². The molecule has 1 aromatic carbocycles. The molecule has 0 atom stereocenters. The van der Waals surface area contributed by atoms with Gasteiger partial charge in [0.1, 0.15) is 10.8 Å². The quantitative estimate of drug-likeness (QED) is 0.830. The van der Waals surface area contributed by atoms with Crippen LogP contribution in [-0.4, -0.2) is 18.6 Å². The summed E-state index contributed by atoms with van der Waals surface area (Å²) >= 11 is 1.38. The lowest BCUT2D eigenvalue weighted by atomic mass is 9.95. The summed E-state index contributed by atoms with van der Waals surface area (Å²) in [6, 6.07) is 4.71. The third-order valence-corrected chi connectivity index (χ3v) is 5.42. The minimum Gasteiger partial charge on any atom is -0.462 e. The van der Waals surface area contributed by atoms with Gasteiger partial charge in [-0.2, -0.15) is 0 Å². The minimum atomic E-state index is -0.726. The van der Waals surface area contributed by atoms with E-state index in [1.165, 1.54) is 40.5 Å². The number of carbonyl (C=O) groups excluding carboxylic acids is 2. The monoisotopic (exact) mass is 362 g/mol. The molecule has 2 amide bonds. The number of urea groups is 1. The number of aryl methyl sites for hydroxylation is 1. The maximum Gasteiger partial charge on any atom is 0.341 e. The highest BCUT2D eigenvalue weighted by Gasteiger charge is 2.31. The SMILES string of the molecule is CCOC(=O)c1c(N(C(N)=O)c2ccc(F)cc2)sc2c1CCCC2. The third kappa shape index (κ3) is 3.37. The Morgan fingerprint density at radius 3 is 2.56 bits per heavy atom. The molecule has 0 saturated heterocycles. The fourth-order valence-corrected chi connectivity index (χ4v) is 4.46. The summed E-state index contributed by atoms with van der Waals surface area (Å²) in [7, 11) is 0. The second kappa shape index (κ2) is 7.23. The van der Waals surface area contributed by atoms with Gasteiger partial charge in [0.25, 0.3) is 0 Å². The van der Waals surface area contributed by atoms with Gasteiger partial charge in [0, 0.05) is 4.88 Å². The number of anilines is 2. The Balaban J connectivity index is 2.15. The molecule has 0 saturated carbocycles. The van der Waals surface area contributed by atoms with E-state index >= 15 is 0 Å². The van der Waals surface area contributed by atoms with Crippen LogP contribution < -0.4 is 10.6 Å². The maximum absolute atomic E-state index is 13.2. The number of nitrogens with zero attached hydrogens (tertiary/aromatic N) is 1. The number of benzene rings is 1. The molecule has 25 heavy (non-hydrogen) atoms. The number of primary amides is 1. The Morgan fingerprint density at radius 2 is 1.92 bits per heavy atom. The Kier molecular flexibility index (Phi) is 5.03. The van der Waals surface area contributed by atoms with E-state index in [9.17, 15) is 14.0 Å². The number of ether oxygens (including phenoxy) is 1. The smallest absolute Gasteiger partial charge is 0.341 e. The summed E-state index contributed by atoms with van der Waals surface area (Å²) in [6.07, 6.45) is 3.67. The second-order valence-electron chi connectivity index (χ2n) is 5.76. The summed E-state index contributed by atoms with van der Waals surface area (Å²) < 4.78 is 18.4. The normalized spacial score (nSPS) is 13.2. The van der Waals surface area contributed by atoms with Gasteiger partial charge in [0.2, 0.25) is 0 Å². The largest absolute Gasteiger partial charge is 0.462 e. The van der Waals surface area contributed by atoms with Crippen molar-refractivity contribution in [1.29, 1.82) is 0 Å². The highest BCUT2D eigenvalue weighted by atomic mass is 32.1. The van der Waals surface area contributed by atoms with Crippen LogP contribution >= 0.6 is 11.3 Å². The first-order valence-electron chi connectivity index (χ1n) is 8.19. The van der Waals surface area contributed by atoms with Crippen molar-refractivity contribution in [3.8, 4) is 0 Å². The van der Waals surface area contributed by atoms with E-state index in [2.05, 4.69) is 0 Å². The molecule has 0 radical (unpaired) electrons. The molecule has 0 unspecified atom stereocenters. The first-order chi connectivity index (χ1) is 12.0. The van der Waals surface area contributed by atoms with Crippen molar-refractivity contribution in [3.05, 3.63) is 46.1 Å². The predicted octanol–water partition coefficient (Wildman–Crippen LogP) is 4.16. The van der Waals surface area contributed by atoms with E-state index in [1.807, 2.05) is 0 Å². The molecular weight excluding hydrogens is 343 g/mol. The van der Waals surface area contributed by atoms with Crippen molar-refractivity contribution >= 4 is 34.0 Å². The molecule has 0 aliphatic heterocycles. The van der Waals surface area contributed by atoms with E-state index in [0.717, 1.165) is 36.1 Å². The average Bonchev–Trinajstić information content (AvgIpc) is 2.95. The van der Waals surface area contributed by atoms with Crippen molar-refractivity contribution in [3.63, 3.8) is 0 Å². The molecule has 5 nitrogen and oxygen atoms in total. The van der Waals surface area contributed by atoms with Gasteiger partial charge in [0.15, 0.2) is 0 Å². The molecule has 1 aromatic heterocycles. The number of amides is 2. The van der Waals surface area contributed by atoms with E-state index in [-0.39, 0.29) is 6.61 Å². The first kappa shape index (κ1) is 17.4. The number of rotatable bonds is 4. The Hall–Kier alpha value is -2.41. The molecule has 1 aliphatic rings. The molecule has 0 fully saturated rings. The van der Waals surface area contributed by atoms with Crippen LogP contribution in [0.15, 0.2) is 24.3 Å². The van der Waals surface area contributed by atoms with Crippen LogP contribution in [0.1, 0.15) is 40.6 Å². The highest BCUT2D eigenvalue weighted by molar-refractivity contribution is 7.17. The first-order valence-corrected chi connectivity index (χ1v) is 9.01. The molecule has 1 heterocycles. The Morgan fingerprint density at radius 1 is 1.24 bits per heavy atom. The molecule has 3 rings (SSSR count). The van der Waals surface area contributed by atoms with Crippen LogP contribution in [0, 0.1) is 5.82 Å². The van der Waals surface area contributed by atoms with Gasteiger partial charge < -0.3 is 10.5 Å². The zero-order valence-electron chi connectivity index (χ0n) is 13.9. The van der Waals surface area contributed by atoms with Gasteiger partial charge in [-0.1, -0.05) is 0 Å². The molecule has 2 aromatic rings. The highest BCUT2D eigenvalue weighted by Crippen LogP contribution is 2.43. The second-order valence-corrected chi connectivity index (χ2v) is 6.85. The zero-order valence-corrected chi connectivity index (χ0v) is 14.7. The van der Waals surface area contributed by atoms with E-state index in [4.69, 9.17) is 10.5 Å². The van der Waals surface area contributed by atoms with Crippen molar-refractivity contribution in [2.24, 2.45) is 5.73 Å². The standard InChI is InChI=1S/C18H19FN2O3S/c1-2-24-17(22)15-13-5-3-4-6-14(13)25-16(15)21(18(20)23)12-9-7-11(19)8-10-12/h7-10H,2-6H2,1H3,(H2,20,23). The van der Waals surface area contributed by atoms with Crippen LogP contribution in [-0.2, 0) is 17.6 Å². The van der Waals surface area contributed by atoms with E-state index in [1.54, 1.807) is 6.92 Å².